The first-order valence-electron chi connectivity index (χ1n) is 24.1. The molecule has 0 fully saturated rings. The summed E-state index contributed by atoms with van der Waals surface area (Å²) in [6.45, 7) is 6.49. The molecule has 0 aliphatic carbocycles. The number of carbonyl (C=O) groups excluding carboxylic acids is 3. The van der Waals surface area contributed by atoms with Gasteiger partial charge < -0.3 is 14.2 Å². The molecule has 0 aliphatic rings. The molecular formula is C51H90O6. The lowest BCUT2D eigenvalue weighted by Crippen LogP contribution is -2.30. The van der Waals surface area contributed by atoms with Gasteiger partial charge in [-0.2, -0.15) is 0 Å². The summed E-state index contributed by atoms with van der Waals surface area (Å²) in [6, 6.07) is 0. The highest BCUT2D eigenvalue weighted by molar-refractivity contribution is 5.71. The molecule has 0 saturated carbocycles. The van der Waals surface area contributed by atoms with Crippen LogP contribution in [0.5, 0.6) is 0 Å². The van der Waals surface area contributed by atoms with Crippen LogP contribution in [-0.2, 0) is 28.6 Å². The van der Waals surface area contributed by atoms with Crippen LogP contribution in [0, 0.1) is 0 Å². The fourth-order valence-corrected chi connectivity index (χ4v) is 6.73. The molecule has 1 atom stereocenters. The molecule has 0 amide bonds. The first kappa shape index (κ1) is 54.4. The zero-order valence-corrected chi connectivity index (χ0v) is 37.6. The largest absolute Gasteiger partial charge is 0.462 e. The van der Waals surface area contributed by atoms with E-state index in [4.69, 9.17) is 14.2 Å². The van der Waals surface area contributed by atoms with E-state index in [1.54, 1.807) is 0 Å². The van der Waals surface area contributed by atoms with E-state index in [2.05, 4.69) is 69.4 Å². The standard InChI is InChI=1S/C51H90O6/c1-4-7-10-13-16-19-22-24-25-26-27-30-32-35-38-41-44-50(53)56-47-48(46-55-49(52)43-40-37-34-31-28-21-18-15-12-9-6-3)57-51(54)45-42-39-36-33-29-23-20-17-14-11-8-5-2/h7,10,16,19,24-25,27,30,48H,4-6,8-9,11-15,17-18,20-23,26,28-29,31-47H2,1-3H3/b10-7-,19-16-,25-24-,30-27-. The van der Waals surface area contributed by atoms with E-state index in [1.165, 1.54) is 109 Å². The van der Waals surface area contributed by atoms with Crippen LogP contribution in [0.1, 0.15) is 239 Å². The van der Waals surface area contributed by atoms with Crippen molar-refractivity contribution in [1.29, 1.82) is 0 Å². The van der Waals surface area contributed by atoms with Gasteiger partial charge in [0.1, 0.15) is 13.2 Å². The molecule has 0 aromatic rings. The SMILES string of the molecule is CC/C=C\C/C=C\C/C=C\C/C=C\CCCCCC(=O)OCC(COC(=O)CCCCCCCCCCCCC)OC(=O)CCCCCCCCCCCCCC. The van der Waals surface area contributed by atoms with E-state index in [0.29, 0.717) is 19.3 Å². The van der Waals surface area contributed by atoms with Crippen LogP contribution in [0.4, 0.5) is 0 Å². The van der Waals surface area contributed by atoms with Gasteiger partial charge in [0.2, 0.25) is 0 Å². The van der Waals surface area contributed by atoms with Crippen LogP contribution < -0.4 is 0 Å². The van der Waals surface area contributed by atoms with E-state index >= 15 is 0 Å². The Kier molecular flexibility index (Phi) is 43.9. The van der Waals surface area contributed by atoms with Crippen LogP contribution in [0.25, 0.3) is 0 Å². The molecule has 1 unspecified atom stereocenters. The lowest BCUT2D eigenvalue weighted by Gasteiger charge is -2.18. The molecule has 0 saturated heterocycles. The highest BCUT2D eigenvalue weighted by Crippen LogP contribution is 2.15. The van der Waals surface area contributed by atoms with Gasteiger partial charge in [-0.05, 0) is 57.8 Å². The predicted molar refractivity (Wildman–Crippen MR) is 242 cm³/mol. The van der Waals surface area contributed by atoms with Crippen LogP contribution in [-0.4, -0.2) is 37.2 Å². The van der Waals surface area contributed by atoms with Gasteiger partial charge in [-0.3, -0.25) is 14.4 Å². The topological polar surface area (TPSA) is 78.9 Å². The highest BCUT2D eigenvalue weighted by Gasteiger charge is 2.19. The number of rotatable bonds is 43. The molecule has 0 spiro atoms. The molecule has 0 aromatic carbocycles. The lowest BCUT2D eigenvalue weighted by molar-refractivity contribution is -0.167. The Labute approximate surface area is 352 Å². The fraction of sp³-hybridized carbons (Fsp3) is 0.784. The van der Waals surface area contributed by atoms with Crippen molar-refractivity contribution in [1.82, 2.24) is 0 Å². The van der Waals surface area contributed by atoms with Gasteiger partial charge in [0, 0.05) is 19.3 Å². The van der Waals surface area contributed by atoms with Crippen LogP contribution in [0.15, 0.2) is 48.6 Å². The van der Waals surface area contributed by atoms with Crippen molar-refractivity contribution in [3.63, 3.8) is 0 Å². The number of hydrogen-bond donors (Lipinski definition) is 0. The fourth-order valence-electron chi connectivity index (χ4n) is 6.73. The van der Waals surface area contributed by atoms with Crippen molar-refractivity contribution < 1.29 is 28.6 Å². The maximum absolute atomic E-state index is 12.7. The van der Waals surface area contributed by atoms with Crippen molar-refractivity contribution in [3.05, 3.63) is 48.6 Å². The number of carbonyl (C=O) groups is 3. The van der Waals surface area contributed by atoms with Crippen LogP contribution >= 0.6 is 0 Å². The molecule has 330 valence electrons. The van der Waals surface area contributed by atoms with E-state index in [0.717, 1.165) is 89.9 Å². The number of unbranched alkanes of at least 4 members (excludes halogenated alkanes) is 24. The summed E-state index contributed by atoms with van der Waals surface area (Å²) in [6.07, 6.45) is 53.7. The molecular weight excluding hydrogens is 709 g/mol. The third-order valence-corrected chi connectivity index (χ3v) is 10.3. The molecule has 0 N–H and O–H groups in total. The molecule has 57 heavy (non-hydrogen) atoms. The average molecular weight is 799 g/mol. The van der Waals surface area contributed by atoms with Gasteiger partial charge in [0.05, 0.1) is 0 Å². The summed E-state index contributed by atoms with van der Waals surface area (Å²) in [5, 5.41) is 0. The second-order valence-electron chi connectivity index (χ2n) is 16.0. The second kappa shape index (κ2) is 46.1. The Balaban J connectivity index is 4.40. The number of allylic oxidation sites excluding steroid dienone is 8. The first-order valence-corrected chi connectivity index (χ1v) is 24.1. The third-order valence-electron chi connectivity index (χ3n) is 10.3. The molecule has 0 rings (SSSR count). The number of ether oxygens (including phenoxy) is 3. The summed E-state index contributed by atoms with van der Waals surface area (Å²) in [4.78, 5) is 37.8. The average Bonchev–Trinajstić information content (AvgIpc) is 3.21. The second-order valence-corrected chi connectivity index (χ2v) is 16.0. The molecule has 6 nitrogen and oxygen atoms in total. The minimum atomic E-state index is -0.779. The number of esters is 3. The normalized spacial score (nSPS) is 12.4. The minimum Gasteiger partial charge on any atom is -0.462 e. The molecule has 0 aliphatic heterocycles. The molecule has 0 aromatic heterocycles. The molecule has 6 heteroatoms. The maximum Gasteiger partial charge on any atom is 0.306 e. The minimum absolute atomic E-state index is 0.0802. The Morgan fingerprint density at radius 2 is 0.684 bits per heavy atom. The van der Waals surface area contributed by atoms with E-state index in [-0.39, 0.29) is 31.1 Å². The zero-order valence-electron chi connectivity index (χ0n) is 37.6. The summed E-state index contributed by atoms with van der Waals surface area (Å²) in [7, 11) is 0. The Hall–Kier alpha value is -2.63. The van der Waals surface area contributed by atoms with Crippen molar-refractivity contribution in [3.8, 4) is 0 Å². The Bertz CT molecular complexity index is 1010. The third kappa shape index (κ3) is 44.3. The smallest absolute Gasteiger partial charge is 0.306 e. The predicted octanol–water partition coefficient (Wildman–Crippen LogP) is 15.5. The zero-order chi connectivity index (χ0) is 41.5. The summed E-state index contributed by atoms with van der Waals surface area (Å²) < 4.78 is 16.7. The lowest BCUT2D eigenvalue weighted by atomic mass is 10.0. The molecule has 0 bridgehead atoms. The Morgan fingerprint density at radius 3 is 1.07 bits per heavy atom. The van der Waals surface area contributed by atoms with E-state index < -0.39 is 6.10 Å². The van der Waals surface area contributed by atoms with Crippen molar-refractivity contribution in [2.24, 2.45) is 0 Å². The van der Waals surface area contributed by atoms with Crippen LogP contribution in [0.2, 0.25) is 0 Å². The maximum atomic E-state index is 12.7. The van der Waals surface area contributed by atoms with Gasteiger partial charge in [0.15, 0.2) is 6.10 Å². The quantitative estimate of drug-likeness (QED) is 0.0265. The Morgan fingerprint density at radius 1 is 0.368 bits per heavy atom. The summed E-state index contributed by atoms with van der Waals surface area (Å²) in [5.41, 5.74) is 0. The van der Waals surface area contributed by atoms with Gasteiger partial charge in [0.25, 0.3) is 0 Å². The summed E-state index contributed by atoms with van der Waals surface area (Å²) in [5.74, 6) is -0.909. The van der Waals surface area contributed by atoms with Crippen molar-refractivity contribution in [2.45, 2.75) is 245 Å². The van der Waals surface area contributed by atoms with Crippen molar-refractivity contribution in [2.75, 3.05) is 13.2 Å². The number of hydrogen-bond acceptors (Lipinski definition) is 6. The van der Waals surface area contributed by atoms with Crippen molar-refractivity contribution >= 4 is 17.9 Å². The monoisotopic (exact) mass is 799 g/mol. The summed E-state index contributed by atoms with van der Waals surface area (Å²) >= 11 is 0. The van der Waals surface area contributed by atoms with E-state index in [1.807, 2.05) is 0 Å². The van der Waals surface area contributed by atoms with Gasteiger partial charge in [-0.15, -0.1) is 0 Å². The van der Waals surface area contributed by atoms with Gasteiger partial charge >= 0.3 is 17.9 Å². The highest BCUT2D eigenvalue weighted by atomic mass is 16.6. The van der Waals surface area contributed by atoms with Gasteiger partial charge in [-0.1, -0.05) is 211 Å². The van der Waals surface area contributed by atoms with Crippen LogP contribution in [0.3, 0.4) is 0 Å². The molecule has 0 heterocycles. The molecule has 0 radical (unpaired) electrons. The van der Waals surface area contributed by atoms with Gasteiger partial charge in [-0.25, -0.2) is 0 Å². The van der Waals surface area contributed by atoms with E-state index in [9.17, 15) is 14.4 Å². The first-order chi connectivity index (χ1) is 28.0.